The number of hydrogen-bond acceptors (Lipinski definition) is 0. The molecular formula is C10H18. The third-order valence-electron chi connectivity index (χ3n) is 2.69. The number of rotatable bonds is 0. The first-order chi connectivity index (χ1) is 4.70. The summed E-state index contributed by atoms with van der Waals surface area (Å²) in [6, 6.07) is 0. The smallest absolute Gasteiger partial charge is 0.0259 e. The van der Waals surface area contributed by atoms with Gasteiger partial charge in [0.25, 0.3) is 0 Å². The number of allylic oxidation sites excluding steroid dienone is 2. The summed E-state index contributed by atoms with van der Waals surface area (Å²) < 4.78 is 0. The fraction of sp³-hybridized carbons (Fsp3) is 0.800. The van der Waals surface area contributed by atoms with E-state index in [0.29, 0.717) is 0 Å². The van der Waals surface area contributed by atoms with Crippen molar-refractivity contribution in [2.24, 2.45) is 17.8 Å². The Bertz CT molecular complexity index is 124. The van der Waals surface area contributed by atoms with E-state index in [9.17, 15) is 0 Å². The third-order valence-corrected chi connectivity index (χ3v) is 2.69. The predicted molar refractivity (Wildman–Crippen MR) is 45.9 cm³/mol. The van der Waals surface area contributed by atoms with Crippen molar-refractivity contribution in [1.29, 1.82) is 0 Å². The molecular weight excluding hydrogens is 120 g/mol. The van der Waals surface area contributed by atoms with Crippen LogP contribution in [0.4, 0.5) is 0 Å². The molecule has 0 amide bonds. The summed E-state index contributed by atoms with van der Waals surface area (Å²) in [5.41, 5.74) is 0. The molecule has 3 unspecified atom stereocenters. The van der Waals surface area contributed by atoms with E-state index in [4.69, 9.17) is 0 Å². The Morgan fingerprint density at radius 2 is 1.80 bits per heavy atom. The summed E-state index contributed by atoms with van der Waals surface area (Å²) >= 11 is 0. The lowest BCUT2D eigenvalue weighted by Crippen LogP contribution is -2.07. The van der Waals surface area contributed by atoms with E-state index in [1.54, 1.807) is 0 Å². The van der Waals surface area contributed by atoms with E-state index in [2.05, 4.69) is 32.9 Å². The van der Waals surface area contributed by atoms with Gasteiger partial charge in [0.05, 0.1) is 0 Å². The van der Waals surface area contributed by atoms with Crippen LogP contribution in [0, 0.1) is 17.8 Å². The van der Waals surface area contributed by atoms with Gasteiger partial charge in [-0.2, -0.15) is 0 Å². The van der Waals surface area contributed by atoms with Gasteiger partial charge in [0.15, 0.2) is 0 Å². The molecule has 0 bridgehead atoms. The van der Waals surface area contributed by atoms with Crippen LogP contribution in [0.2, 0.25) is 0 Å². The Hall–Kier alpha value is -0.260. The minimum atomic E-state index is 0.806. The largest absolute Gasteiger partial charge is 0.0880 e. The summed E-state index contributed by atoms with van der Waals surface area (Å²) in [5.74, 6) is 2.60. The molecule has 0 heteroatoms. The molecule has 58 valence electrons. The molecule has 0 saturated heterocycles. The molecule has 10 heavy (non-hydrogen) atoms. The fourth-order valence-corrected chi connectivity index (χ4v) is 1.66. The van der Waals surface area contributed by atoms with Gasteiger partial charge in [-0.05, 0) is 30.6 Å². The van der Waals surface area contributed by atoms with Crippen molar-refractivity contribution in [3.05, 3.63) is 12.2 Å². The minimum Gasteiger partial charge on any atom is -0.0880 e. The molecule has 1 aliphatic carbocycles. The van der Waals surface area contributed by atoms with Crippen molar-refractivity contribution in [3.63, 3.8) is 0 Å². The van der Waals surface area contributed by atoms with Gasteiger partial charge in [-0.3, -0.25) is 0 Å². The van der Waals surface area contributed by atoms with Gasteiger partial charge in [0.1, 0.15) is 0 Å². The van der Waals surface area contributed by atoms with Crippen LogP contribution in [-0.2, 0) is 0 Å². The van der Waals surface area contributed by atoms with Crippen LogP contribution in [0.15, 0.2) is 12.2 Å². The van der Waals surface area contributed by atoms with Gasteiger partial charge in [-0.25, -0.2) is 0 Å². The standard InChI is InChI=1S/C10H18/c1-8-5-4-6-9(2)10(3)7-8/h4-5,8-10H,6-7H2,1-3H3. The topological polar surface area (TPSA) is 0 Å². The normalized spacial score (nSPS) is 41.3. The van der Waals surface area contributed by atoms with Crippen LogP contribution in [0.3, 0.4) is 0 Å². The SMILES string of the molecule is CC1C=CCC(C)C(C)C1. The Kier molecular flexibility index (Phi) is 2.53. The summed E-state index contributed by atoms with van der Waals surface area (Å²) in [5, 5.41) is 0. The molecule has 0 nitrogen and oxygen atoms in total. The lowest BCUT2D eigenvalue weighted by Gasteiger charge is -2.17. The predicted octanol–water partition coefficient (Wildman–Crippen LogP) is 3.24. The molecule has 0 aromatic rings. The molecule has 0 aromatic heterocycles. The lowest BCUT2D eigenvalue weighted by atomic mass is 9.89. The molecule has 1 rings (SSSR count). The van der Waals surface area contributed by atoms with E-state index in [-0.39, 0.29) is 0 Å². The van der Waals surface area contributed by atoms with Crippen molar-refractivity contribution < 1.29 is 0 Å². The van der Waals surface area contributed by atoms with E-state index in [1.807, 2.05) is 0 Å². The second kappa shape index (κ2) is 3.23. The second-order valence-electron chi connectivity index (χ2n) is 3.83. The number of hydrogen-bond donors (Lipinski definition) is 0. The van der Waals surface area contributed by atoms with Crippen molar-refractivity contribution in [2.45, 2.75) is 33.6 Å². The molecule has 0 heterocycles. The van der Waals surface area contributed by atoms with Crippen LogP contribution >= 0.6 is 0 Å². The first kappa shape index (κ1) is 7.84. The van der Waals surface area contributed by atoms with Gasteiger partial charge in [0.2, 0.25) is 0 Å². The minimum absolute atomic E-state index is 0.806. The zero-order chi connectivity index (χ0) is 7.56. The lowest BCUT2D eigenvalue weighted by molar-refractivity contribution is 0.350. The Labute approximate surface area is 64.3 Å². The Morgan fingerprint density at radius 1 is 1.10 bits per heavy atom. The Balaban J connectivity index is 2.52. The van der Waals surface area contributed by atoms with Crippen molar-refractivity contribution >= 4 is 0 Å². The average Bonchev–Trinajstić information content (AvgIpc) is 1.96. The fourth-order valence-electron chi connectivity index (χ4n) is 1.66. The van der Waals surface area contributed by atoms with Crippen molar-refractivity contribution in [3.8, 4) is 0 Å². The first-order valence-electron chi connectivity index (χ1n) is 4.37. The highest BCUT2D eigenvalue weighted by Gasteiger charge is 2.15. The Morgan fingerprint density at radius 3 is 2.50 bits per heavy atom. The van der Waals surface area contributed by atoms with Crippen LogP contribution in [-0.4, -0.2) is 0 Å². The van der Waals surface area contributed by atoms with E-state index in [1.165, 1.54) is 12.8 Å². The molecule has 0 aromatic carbocycles. The van der Waals surface area contributed by atoms with Gasteiger partial charge in [-0.15, -0.1) is 0 Å². The molecule has 3 atom stereocenters. The summed E-state index contributed by atoms with van der Waals surface area (Å²) in [7, 11) is 0. The highest BCUT2D eigenvalue weighted by atomic mass is 14.2. The van der Waals surface area contributed by atoms with Gasteiger partial charge in [0, 0.05) is 0 Å². The zero-order valence-electron chi connectivity index (χ0n) is 7.30. The first-order valence-corrected chi connectivity index (χ1v) is 4.37. The van der Waals surface area contributed by atoms with Gasteiger partial charge in [-0.1, -0.05) is 32.9 Å². The maximum absolute atomic E-state index is 2.37. The van der Waals surface area contributed by atoms with Crippen LogP contribution in [0.25, 0.3) is 0 Å². The average molecular weight is 138 g/mol. The monoisotopic (exact) mass is 138 g/mol. The molecule has 0 aliphatic heterocycles. The van der Waals surface area contributed by atoms with Crippen LogP contribution < -0.4 is 0 Å². The molecule has 0 radical (unpaired) electrons. The van der Waals surface area contributed by atoms with Crippen molar-refractivity contribution in [1.82, 2.24) is 0 Å². The maximum Gasteiger partial charge on any atom is -0.0259 e. The molecule has 0 N–H and O–H groups in total. The van der Waals surface area contributed by atoms with Crippen molar-refractivity contribution in [2.75, 3.05) is 0 Å². The molecule has 0 fully saturated rings. The van der Waals surface area contributed by atoms with E-state index < -0.39 is 0 Å². The summed E-state index contributed by atoms with van der Waals surface area (Å²) in [6.07, 6.45) is 7.36. The molecule has 0 saturated carbocycles. The van der Waals surface area contributed by atoms with Gasteiger partial charge < -0.3 is 0 Å². The third kappa shape index (κ3) is 1.86. The zero-order valence-corrected chi connectivity index (χ0v) is 7.30. The summed E-state index contributed by atoms with van der Waals surface area (Å²) in [4.78, 5) is 0. The van der Waals surface area contributed by atoms with Gasteiger partial charge >= 0.3 is 0 Å². The van der Waals surface area contributed by atoms with E-state index >= 15 is 0 Å². The molecule has 1 aliphatic rings. The van der Waals surface area contributed by atoms with E-state index in [0.717, 1.165) is 17.8 Å². The highest BCUT2D eigenvalue weighted by Crippen LogP contribution is 2.26. The quantitative estimate of drug-likeness (QED) is 0.451. The molecule has 0 spiro atoms. The highest BCUT2D eigenvalue weighted by molar-refractivity contribution is 4.92. The maximum atomic E-state index is 2.37. The van der Waals surface area contributed by atoms with Crippen LogP contribution in [0.5, 0.6) is 0 Å². The second-order valence-corrected chi connectivity index (χ2v) is 3.83. The summed E-state index contributed by atoms with van der Waals surface area (Å²) in [6.45, 7) is 7.03. The van der Waals surface area contributed by atoms with Crippen LogP contribution in [0.1, 0.15) is 33.6 Å².